The first-order chi connectivity index (χ1) is 11.6. The van der Waals surface area contributed by atoms with E-state index >= 15 is 0 Å². The highest BCUT2D eigenvalue weighted by atomic mass is 32.2. The van der Waals surface area contributed by atoms with Gasteiger partial charge in [0.15, 0.2) is 0 Å². The minimum atomic E-state index is -0.0852. The minimum absolute atomic E-state index is 0.0686. The van der Waals surface area contributed by atoms with E-state index in [0.717, 1.165) is 11.3 Å². The quantitative estimate of drug-likeness (QED) is 0.777. The molecule has 24 heavy (non-hydrogen) atoms. The van der Waals surface area contributed by atoms with Crippen LogP contribution < -0.4 is 5.32 Å². The van der Waals surface area contributed by atoms with E-state index in [1.54, 1.807) is 11.3 Å². The van der Waals surface area contributed by atoms with Gasteiger partial charge in [0.1, 0.15) is 0 Å². The van der Waals surface area contributed by atoms with Crippen LogP contribution in [-0.2, 0) is 16.1 Å². The highest BCUT2D eigenvalue weighted by Gasteiger charge is 2.13. The average Bonchev–Trinajstić information content (AvgIpc) is 3.07. The summed E-state index contributed by atoms with van der Waals surface area (Å²) >= 11 is 3.00. The zero-order chi connectivity index (χ0) is 17.4. The number of thioether (sulfide) groups is 1. The number of nitrogens with one attached hydrogen (secondary N) is 1. The van der Waals surface area contributed by atoms with Gasteiger partial charge in [0.05, 0.1) is 18.1 Å². The Morgan fingerprint density at radius 1 is 1.17 bits per heavy atom. The topological polar surface area (TPSA) is 49.4 Å². The zero-order valence-electron chi connectivity index (χ0n) is 14.0. The van der Waals surface area contributed by atoms with Crippen molar-refractivity contribution < 1.29 is 9.59 Å². The van der Waals surface area contributed by atoms with Crippen molar-refractivity contribution in [1.82, 2.24) is 4.90 Å². The number of thiophene rings is 1. The summed E-state index contributed by atoms with van der Waals surface area (Å²) in [6.07, 6.45) is 0. The number of hydrogen-bond acceptors (Lipinski definition) is 4. The maximum absolute atomic E-state index is 12.3. The van der Waals surface area contributed by atoms with E-state index in [9.17, 15) is 9.59 Å². The van der Waals surface area contributed by atoms with Crippen LogP contribution in [-0.4, -0.2) is 34.8 Å². The lowest BCUT2D eigenvalue weighted by molar-refractivity contribution is -0.128. The van der Waals surface area contributed by atoms with E-state index in [0.29, 0.717) is 18.8 Å². The summed E-state index contributed by atoms with van der Waals surface area (Å²) in [5, 5.41) is 4.85. The van der Waals surface area contributed by atoms with Crippen molar-refractivity contribution in [3.05, 3.63) is 52.2 Å². The van der Waals surface area contributed by atoms with Crippen LogP contribution >= 0.6 is 23.1 Å². The summed E-state index contributed by atoms with van der Waals surface area (Å²) in [5.74, 6) is 0.577. The molecule has 0 fully saturated rings. The number of amides is 2. The van der Waals surface area contributed by atoms with Gasteiger partial charge >= 0.3 is 0 Å². The molecular weight excluding hydrogens is 340 g/mol. The summed E-state index contributed by atoms with van der Waals surface area (Å²) in [6, 6.07) is 11.7. The molecule has 1 heterocycles. The fourth-order valence-corrected chi connectivity index (χ4v) is 3.56. The van der Waals surface area contributed by atoms with Gasteiger partial charge in [0.2, 0.25) is 11.8 Å². The van der Waals surface area contributed by atoms with E-state index in [4.69, 9.17) is 0 Å². The lowest BCUT2D eigenvalue weighted by Crippen LogP contribution is -2.31. The van der Waals surface area contributed by atoms with Crippen molar-refractivity contribution in [3.63, 3.8) is 0 Å². The number of benzene rings is 1. The van der Waals surface area contributed by atoms with Gasteiger partial charge in [0, 0.05) is 17.1 Å². The number of carbonyl (C=O) groups excluding carboxylic acids is 2. The molecule has 0 atom stereocenters. The number of carbonyl (C=O) groups is 2. The summed E-state index contributed by atoms with van der Waals surface area (Å²) in [6.45, 7) is 5.29. The summed E-state index contributed by atoms with van der Waals surface area (Å²) in [7, 11) is 0. The molecule has 0 saturated carbocycles. The molecule has 1 aromatic carbocycles. The molecule has 0 saturated heterocycles. The fraction of sp³-hybridized carbons (Fsp3) is 0.333. The Bertz CT molecular complexity index is 654. The van der Waals surface area contributed by atoms with Crippen LogP contribution in [0, 0.1) is 6.92 Å². The Hall–Kier alpha value is -1.79. The Kier molecular flexibility index (Phi) is 7.34. The molecule has 1 N–H and O–H groups in total. The van der Waals surface area contributed by atoms with Crippen molar-refractivity contribution in [2.24, 2.45) is 0 Å². The SMILES string of the molecule is CCN(Cc1cccs1)C(=O)CSCC(=O)Nc1ccc(C)cc1. The second-order valence-corrected chi connectivity index (χ2v) is 7.41. The number of aryl methyl sites for hydroxylation is 1. The molecule has 4 nitrogen and oxygen atoms in total. The van der Waals surface area contributed by atoms with E-state index in [1.807, 2.05) is 60.5 Å². The number of anilines is 1. The Morgan fingerprint density at radius 3 is 2.54 bits per heavy atom. The van der Waals surface area contributed by atoms with Gasteiger partial charge in [-0.05, 0) is 37.4 Å². The molecule has 6 heteroatoms. The maximum atomic E-state index is 12.3. The van der Waals surface area contributed by atoms with Gasteiger partial charge in [-0.3, -0.25) is 9.59 Å². The second-order valence-electron chi connectivity index (χ2n) is 5.39. The summed E-state index contributed by atoms with van der Waals surface area (Å²) in [5.41, 5.74) is 1.93. The van der Waals surface area contributed by atoms with E-state index in [-0.39, 0.29) is 17.6 Å². The van der Waals surface area contributed by atoms with Crippen molar-refractivity contribution in [2.75, 3.05) is 23.4 Å². The summed E-state index contributed by atoms with van der Waals surface area (Å²) in [4.78, 5) is 27.2. The van der Waals surface area contributed by atoms with Gasteiger partial charge < -0.3 is 10.2 Å². The average molecular weight is 363 g/mol. The number of nitrogens with zero attached hydrogens (tertiary/aromatic N) is 1. The van der Waals surface area contributed by atoms with Gasteiger partial charge in [-0.1, -0.05) is 23.8 Å². The van der Waals surface area contributed by atoms with Crippen molar-refractivity contribution in [1.29, 1.82) is 0 Å². The third-order valence-corrected chi connectivity index (χ3v) is 5.23. The van der Waals surface area contributed by atoms with Crippen LogP contribution in [0.5, 0.6) is 0 Å². The lowest BCUT2D eigenvalue weighted by atomic mass is 10.2. The number of hydrogen-bond donors (Lipinski definition) is 1. The third kappa shape index (κ3) is 6.02. The predicted molar refractivity (Wildman–Crippen MR) is 103 cm³/mol. The monoisotopic (exact) mass is 362 g/mol. The molecule has 2 aromatic rings. The van der Waals surface area contributed by atoms with Crippen molar-refractivity contribution >= 4 is 40.6 Å². The van der Waals surface area contributed by atoms with Crippen LogP contribution in [0.1, 0.15) is 17.4 Å². The molecule has 0 aliphatic carbocycles. The first-order valence-electron chi connectivity index (χ1n) is 7.83. The molecule has 2 amide bonds. The van der Waals surface area contributed by atoms with Crippen LogP contribution in [0.15, 0.2) is 41.8 Å². The van der Waals surface area contributed by atoms with Crippen LogP contribution in [0.3, 0.4) is 0 Å². The highest BCUT2D eigenvalue weighted by Crippen LogP contribution is 2.14. The molecule has 0 spiro atoms. The molecule has 128 valence electrons. The van der Waals surface area contributed by atoms with Crippen LogP contribution in [0.4, 0.5) is 5.69 Å². The molecule has 0 unspecified atom stereocenters. The standard InChI is InChI=1S/C18H22N2O2S2/c1-3-20(11-16-5-4-10-24-16)18(22)13-23-12-17(21)19-15-8-6-14(2)7-9-15/h4-10H,3,11-13H2,1-2H3,(H,19,21). The molecule has 0 bridgehead atoms. The van der Waals surface area contributed by atoms with Crippen molar-refractivity contribution in [2.45, 2.75) is 20.4 Å². The fourth-order valence-electron chi connectivity index (χ4n) is 2.12. The van der Waals surface area contributed by atoms with Gasteiger partial charge in [-0.2, -0.15) is 0 Å². The number of rotatable bonds is 8. The maximum Gasteiger partial charge on any atom is 0.234 e. The molecule has 0 aliphatic heterocycles. The summed E-state index contributed by atoms with van der Waals surface area (Å²) < 4.78 is 0. The van der Waals surface area contributed by atoms with E-state index in [2.05, 4.69) is 5.32 Å². The molecule has 0 radical (unpaired) electrons. The first kappa shape index (κ1) is 18.5. The molecule has 2 rings (SSSR count). The molecular formula is C18H22N2O2S2. The van der Waals surface area contributed by atoms with Crippen LogP contribution in [0.25, 0.3) is 0 Å². The highest BCUT2D eigenvalue weighted by molar-refractivity contribution is 8.00. The van der Waals surface area contributed by atoms with Gasteiger partial charge in [0.25, 0.3) is 0 Å². The zero-order valence-corrected chi connectivity index (χ0v) is 15.6. The predicted octanol–water partition coefficient (Wildman–Crippen LogP) is 3.78. The Balaban J connectivity index is 1.72. The normalized spacial score (nSPS) is 10.4. The third-order valence-electron chi connectivity index (χ3n) is 3.46. The van der Waals surface area contributed by atoms with Gasteiger partial charge in [-0.15, -0.1) is 23.1 Å². The lowest BCUT2D eigenvalue weighted by Gasteiger charge is -2.19. The van der Waals surface area contributed by atoms with E-state index < -0.39 is 0 Å². The van der Waals surface area contributed by atoms with Crippen molar-refractivity contribution in [3.8, 4) is 0 Å². The van der Waals surface area contributed by atoms with Gasteiger partial charge in [-0.25, -0.2) is 0 Å². The largest absolute Gasteiger partial charge is 0.337 e. The van der Waals surface area contributed by atoms with E-state index in [1.165, 1.54) is 16.6 Å². The smallest absolute Gasteiger partial charge is 0.234 e. The molecule has 1 aromatic heterocycles. The molecule has 0 aliphatic rings. The Morgan fingerprint density at radius 2 is 1.92 bits per heavy atom. The second kappa shape index (κ2) is 9.49. The first-order valence-corrected chi connectivity index (χ1v) is 9.86. The van der Waals surface area contributed by atoms with Crippen LogP contribution in [0.2, 0.25) is 0 Å². The Labute approximate surface area is 151 Å². The minimum Gasteiger partial charge on any atom is -0.337 e.